The summed E-state index contributed by atoms with van der Waals surface area (Å²) in [6.07, 6.45) is 2.66. The molecule has 6 rings (SSSR count). The van der Waals surface area contributed by atoms with E-state index in [1.165, 1.54) is 0 Å². The Morgan fingerprint density at radius 2 is 1.65 bits per heavy atom. The van der Waals surface area contributed by atoms with E-state index in [0.29, 0.717) is 34.6 Å². The number of allylic oxidation sites excluding steroid dienone is 3. The van der Waals surface area contributed by atoms with Crippen LogP contribution in [0.15, 0.2) is 88.2 Å². The van der Waals surface area contributed by atoms with Crippen LogP contribution >= 0.6 is 11.6 Å². The molecule has 2 atom stereocenters. The van der Waals surface area contributed by atoms with Gasteiger partial charge in [0.05, 0.1) is 12.0 Å². The van der Waals surface area contributed by atoms with E-state index in [2.05, 4.69) is 5.32 Å². The standard InChI is InChI=1S/C26H18ClNO3/c27-16-9-7-14(8-10-16)22-23-19(12-15(13-20(23)29)21-6-3-11-31-21)28-25-17-4-1-2-5-18(17)26(30)24(22)25/h1-11,15,22,28H,12-13H2/t15-,22+/m1/s1. The van der Waals surface area contributed by atoms with Crippen LogP contribution in [-0.2, 0) is 4.79 Å². The first-order chi connectivity index (χ1) is 15.1. The Labute approximate surface area is 184 Å². The van der Waals surface area contributed by atoms with Crippen LogP contribution in [0.2, 0.25) is 5.02 Å². The van der Waals surface area contributed by atoms with Gasteiger partial charge in [-0.05, 0) is 36.2 Å². The van der Waals surface area contributed by atoms with Gasteiger partial charge in [-0.3, -0.25) is 9.59 Å². The SMILES string of the molecule is O=C1C[C@H](c2ccco2)CC2=C1[C@H](c1ccc(Cl)cc1)C1=C(N2)c2ccccc2C1=O. The van der Waals surface area contributed by atoms with Crippen LogP contribution in [0.4, 0.5) is 0 Å². The molecule has 0 radical (unpaired) electrons. The predicted molar refractivity (Wildman–Crippen MR) is 118 cm³/mol. The van der Waals surface area contributed by atoms with Crippen LogP contribution in [0, 0.1) is 0 Å². The fraction of sp³-hybridized carbons (Fsp3) is 0.154. The van der Waals surface area contributed by atoms with Gasteiger partial charge in [0.2, 0.25) is 0 Å². The molecular formula is C26H18ClNO3. The minimum absolute atomic E-state index is 0.0193. The molecule has 4 nitrogen and oxygen atoms in total. The molecule has 1 aliphatic heterocycles. The summed E-state index contributed by atoms with van der Waals surface area (Å²) < 4.78 is 5.60. The highest BCUT2D eigenvalue weighted by Gasteiger charge is 2.45. The van der Waals surface area contributed by atoms with Gasteiger partial charge in [0.25, 0.3) is 0 Å². The Balaban J connectivity index is 1.53. The molecule has 0 amide bonds. The van der Waals surface area contributed by atoms with E-state index in [9.17, 15) is 9.59 Å². The summed E-state index contributed by atoms with van der Waals surface area (Å²) in [7, 11) is 0. The van der Waals surface area contributed by atoms with Crippen LogP contribution in [0.5, 0.6) is 0 Å². The molecule has 2 aliphatic carbocycles. The molecule has 31 heavy (non-hydrogen) atoms. The first kappa shape index (κ1) is 18.4. The molecule has 0 bridgehead atoms. The second-order valence-electron chi connectivity index (χ2n) is 8.21. The molecule has 0 spiro atoms. The molecular weight excluding hydrogens is 410 g/mol. The van der Waals surface area contributed by atoms with Gasteiger partial charge in [0.15, 0.2) is 11.6 Å². The number of Topliss-reactive ketones (excluding diaryl/α,β-unsaturated/α-hetero) is 2. The van der Waals surface area contributed by atoms with Gasteiger partial charge < -0.3 is 9.73 Å². The Hall–Kier alpha value is -3.37. The van der Waals surface area contributed by atoms with Crippen LogP contribution in [0.3, 0.4) is 0 Å². The minimum Gasteiger partial charge on any atom is -0.469 e. The van der Waals surface area contributed by atoms with E-state index in [1.54, 1.807) is 6.26 Å². The van der Waals surface area contributed by atoms with Gasteiger partial charge in [0, 0.05) is 51.2 Å². The van der Waals surface area contributed by atoms with E-state index in [-0.39, 0.29) is 17.5 Å². The maximum absolute atomic E-state index is 13.5. The zero-order valence-electron chi connectivity index (χ0n) is 16.5. The third-order valence-corrected chi connectivity index (χ3v) is 6.72. The molecule has 3 aromatic rings. The Morgan fingerprint density at radius 3 is 2.39 bits per heavy atom. The number of halogens is 1. The van der Waals surface area contributed by atoms with Crippen molar-refractivity contribution in [3.8, 4) is 0 Å². The lowest BCUT2D eigenvalue weighted by Crippen LogP contribution is -2.33. The van der Waals surface area contributed by atoms with Gasteiger partial charge in [-0.1, -0.05) is 48.0 Å². The lowest BCUT2D eigenvalue weighted by molar-refractivity contribution is -0.116. The zero-order valence-corrected chi connectivity index (χ0v) is 17.3. The number of furan rings is 1. The Bertz CT molecular complexity index is 1300. The van der Waals surface area contributed by atoms with Gasteiger partial charge >= 0.3 is 0 Å². The van der Waals surface area contributed by atoms with Crippen molar-refractivity contribution in [3.63, 3.8) is 0 Å². The lowest BCUT2D eigenvalue weighted by atomic mass is 9.72. The summed E-state index contributed by atoms with van der Waals surface area (Å²) in [5, 5.41) is 4.11. The molecule has 0 unspecified atom stereocenters. The smallest absolute Gasteiger partial charge is 0.192 e. The highest BCUT2D eigenvalue weighted by Crippen LogP contribution is 2.50. The summed E-state index contributed by atoms with van der Waals surface area (Å²) >= 11 is 6.13. The van der Waals surface area contributed by atoms with Crippen molar-refractivity contribution >= 4 is 28.9 Å². The van der Waals surface area contributed by atoms with E-state index < -0.39 is 5.92 Å². The largest absolute Gasteiger partial charge is 0.469 e. The maximum atomic E-state index is 13.5. The summed E-state index contributed by atoms with van der Waals surface area (Å²) in [6.45, 7) is 0. The quantitative estimate of drug-likeness (QED) is 0.576. The fourth-order valence-corrected chi connectivity index (χ4v) is 5.23. The molecule has 0 saturated heterocycles. The van der Waals surface area contributed by atoms with Crippen molar-refractivity contribution in [1.82, 2.24) is 5.32 Å². The lowest BCUT2D eigenvalue weighted by Gasteiger charge is -2.35. The first-order valence-corrected chi connectivity index (χ1v) is 10.7. The van der Waals surface area contributed by atoms with Crippen molar-refractivity contribution in [1.29, 1.82) is 0 Å². The number of rotatable bonds is 2. The first-order valence-electron chi connectivity index (χ1n) is 10.3. The number of fused-ring (bicyclic) bond motifs is 2. The number of carbonyl (C=O) groups is 2. The molecule has 152 valence electrons. The van der Waals surface area contributed by atoms with E-state index in [4.69, 9.17) is 16.0 Å². The molecule has 0 saturated carbocycles. The van der Waals surface area contributed by atoms with Gasteiger partial charge in [0.1, 0.15) is 5.76 Å². The zero-order chi connectivity index (χ0) is 21.1. The third kappa shape index (κ3) is 2.75. The molecule has 2 aromatic carbocycles. The van der Waals surface area contributed by atoms with E-state index in [1.807, 2.05) is 60.7 Å². The number of hydrogen-bond acceptors (Lipinski definition) is 4. The second kappa shape index (κ2) is 6.82. The van der Waals surface area contributed by atoms with Crippen LogP contribution in [-0.4, -0.2) is 11.6 Å². The number of dihydropyridines is 1. The summed E-state index contributed by atoms with van der Waals surface area (Å²) in [5.74, 6) is 0.408. The highest BCUT2D eigenvalue weighted by molar-refractivity contribution is 6.30. The Kier molecular flexibility index (Phi) is 4.05. The minimum atomic E-state index is -0.409. The predicted octanol–water partition coefficient (Wildman–Crippen LogP) is 5.63. The van der Waals surface area contributed by atoms with Crippen LogP contribution < -0.4 is 5.32 Å². The Morgan fingerprint density at radius 1 is 0.871 bits per heavy atom. The number of carbonyl (C=O) groups excluding carboxylic acids is 2. The summed E-state index contributed by atoms with van der Waals surface area (Å²) in [6, 6.07) is 18.8. The average molecular weight is 428 g/mol. The fourth-order valence-electron chi connectivity index (χ4n) is 5.11. The normalized spacial score (nSPS) is 22.2. The molecule has 3 aliphatic rings. The highest BCUT2D eigenvalue weighted by atomic mass is 35.5. The summed E-state index contributed by atoms with van der Waals surface area (Å²) in [4.78, 5) is 26.9. The van der Waals surface area contributed by atoms with Crippen LogP contribution in [0.25, 0.3) is 5.70 Å². The van der Waals surface area contributed by atoms with Crippen molar-refractivity contribution in [2.24, 2.45) is 0 Å². The average Bonchev–Trinajstić information content (AvgIpc) is 3.41. The van der Waals surface area contributed by atoms with Crippen molar-refractivity contribution in [2.75, 3.05) is 0 Å². The second-order valence-corrected chi connectivity index (χ2v) is 8.65. The number of nitrogens with one attached hydrogen (secondary N) is 1. The molecule has 2 heterocycles. The third-order valence-electron chi connectivity index (χ3n) is 6.46. The number of ketones is 2. The van der Waals surface area contributed by atoms with Crippen molar-refractivity contribution in [3.05, 3.63) is 111 Å². The maximum Gasteiger partial charge on any atom is 0.192 e. The molecule has 1 N–H and O–H groups in total. The van der Waals surface area contributed by atoms with Gasteiger partial charge in [-0.15, -0.1) is 0 Å². The molecule has 1 aromatic heterocycles. The monoisotopic (exact) mass is 427 g/mol. The van der Waals surface area contributed by atoms with Crippen molar-refractivity contribution in [2.45, 2.75) is 24.7 Å². The van der Waals surface area contributed by atoms with E-state index in [0.717, 1.165) is 28.3 Å². The number of hydrogen-bond donors (Lipinski definition) is 1. The molecule has 5 heteroatoms. The summed E-state index contributed by atoms with van der Waals surface area (Å²) in [5.41, 5.74) is 5.48. The van der Waals surface area contributed by atoms with Gasteiger partial charge in [-0.25, -0.2) is 0 Å². The van der Waals surface area contributed by atoms with Crippen molar-refractivity contribution < 1.29 is 14.0 Å². The van der Waals surface area contributed by atoms with Gasteiger partial charge in [-0.2, -0.15) is 0 Å². The van der Waals surface area contributed by atoms with Crippen LogP contribution in [0.1, 0.15) is 51.9 Å². The topological polar surface area (TPSA) is 59.3 Å². The van der Waals surface area contributed by atoms with E-state index >= 15 is 0 Å². The number of benzene rings is 2. The molecule has 0 fully saturated rings.